The molecule has 110 valence electrons. The third kappa shape index (κ3) is 3.71. The molecule has 2 atom stereocenters. The number of aliphatic hydroxyl groups is 1. The van der Waals surface area contributed by atoms with Crippen molar-refractivity contribution in [3.8, 4) is 0 Å². The maximum atomic E-state index is 10.7. The Kier molecular flexibility index (Phi) is 5.42. The van der Waals surface area contributed by atoms with Gasteiger partial charge in [-0.1, -0.05) is 32.4 Å². The molecule has 0 fully saturated rings. The molecule has 19 heavy (non-hydrogen) atoms. The fourth-order valence-corrected chi connectivity index (χ4v) is 2.42. The van der Waals surface area contributed by atoms with Crippen LogP contribution in [0.5, 0.6) is 0 Å². The van der Waals surface area contributed by atoms with Crippen LogP contribution in [0.15, 0.2) is 6.20 Å². The van der Waals surface area contributed by atoms with Crippen molar-refractivity contribution in [1.29, 1.82) is 0 Å². The first kappa shape index (κ1) is 16.5. The lowest BCUT2D eigenvalue weighted by atomic mass is 9.84. The molecule has 5 heteroatoms. The minimum atomic E-state index is -0.794. The van der Waals surface area contributed by atoms with E-state index in [2.05, 4.69) is 5.10 Å². The van der Waals surface area contributed by atoms with Gasteiger partial charge in [-0.05, 0) is 26.2 Å². The topological polar surface area (TPSA) is 47.3 Å². The van der Waals surface area contributed by atoms with E-state index < -0.39 is 6.10 Å². The smallest absolute Gasteiger partial charge is 0.124 e. The second-order valence-electron chi connectivity index (χ2n) is 6.10. The molecule has 0 aliphatic rings. The summed E-state index contributed by atoms with van der Waals surface area (Å²) in [5.41, 5.74) is 0.440. The van der Waals surface area contributed by atoms with E-state index in [-0.39, 0.29) is 17.6 Å². The zero-order chi connectivity index (χ0) is 14.8. The molecule has 4 nitrogen and oxygen atoms in total. The highest BCUT2D eigenvalue weighted by Gasteiger charge is 2.36. The highest BCUT2D eigenvalue weighted by Crippen LogP contribution is 2.36. The largest absolute Gasteiger partial charge is 0.384 e. The Morgan fingerprint density at radius 1 is 1.42 bits per heavy atom. The van der Waals surface area contributed by atoms with Gasteiger partial charge in [0.05, 0.1) is 23.0 Å². The number of aliphatic hydroxyl groups excluding tert-OH is 1. The molecule has 1 N–H and O–H groups in total. The number of hydrogen-bond acceptors (Lipinski definition) is 3. The third-order valence-corrected chi connectivity index (χ3v) is 3.33. The Morgan fingerprint density at radius 2 is 2.00 bits per heavy atom. The van der Waals surface area contributed by atoms with E-state index in [1.54, 1.807) is 10.9 Å². The van der Waals surface area contributed by atoms with Crippen LogP contribution < -0.4 is 0 Å². The maximum Gasteiger partial charge on any atom is 0.124 e. The van der Waals surface area contributed by atoms with Gasteiger partial charge in [-0.15, -0.1) is 0 Å². The number of halogens is 1. The van der Waals surface area contributed by atoms with Crippen LogP contribution in [0.3, 0.4) is 0 Å². The molecule has 0 aliphatic heterocycles. The Bertz CT molecular complexity index is 410. The van der Waals surface area contributed by atoms with Crippen molar-refractivity contribution >= 4 is 11.6 Å². The van der Waals surface area contributed by atoms with Crippen molar-refractivity contribution in [3.63, 3.8) is 0 Å². The van der Waals surface area contributed by atoms with Crippen LogP contribution in [0.4, 0.5) is 0 Å². The zero-order valence-corrected chi connectivity index (χ0v) is 13.4. The Balaban J connectivity index is 3.16. The third-order valence-electron chi connectivity index (χ3n) is 3.04. The summed E-state index contributed by atoms with van der Waals surface area (Å²) in [5.74, 6) is 0. The standard InChI is InChI=1S/C14H25ClN2O2/c1-7-19-13(14(4,5)6)12(18)11-10(15)8-16-17(11)9(2)3/h8-9,12-13,18H,7H2,1-6H3. The van der Waals surface area contributed by atoms with E-state index in [9.17, 15) is 5.11 Å². The minimum absolute atomic E-state index is 0.138. The number of aromatic nitrogens is 2. The Labute approximate surface area is 120 Å². The molecule has 0 aromatic carbocycles. The molecule has 1 rings (SSSR count). The van der Waals surface area contributed by atoms with Crippen molar-refractivity contribution in [2.24, 2.45) is 5.41 Å². The number of hydrogen-bond donors (Lipinski definition) is 1. The van der Waals surface area contributed by atoms with Crippen molar-refractivity contribution in [2.75, 3.05) is 6.61 Å². The highest BCUT2D eigenvalue weighted by molar-refractivity contribution is 6.31. The van der Waals surface area contributed by atoms with Gasteiger partial charge in [-0.3, -0.25) is 4.68 Å². The van der Waals surface area contributed by atoms with Crippen molar-refractivity contribution in [1.82, 2.24) is 9.78 Å². The van der Waals surface area contributed by atoms with E-state index >= 15 is 0 Å². The molecule has 2 unspecified atom stereocenters. The molecule has 1 aromatic heterocycles. The van der Waals surface area contributed by atoms with Crippen molar-refractivity contribution < 1.29 is 9.84 Å². The number of rotatable bonds is 5. The molecule has 0 saturated heterocycles. The molecular formula is C14H25ClN2O2. The van der Waals surface area contributed by atoms with Gasteiger partial charge in [0, 0.05) is 12.6 Å². The van der Waals surface area contributed by atoms with E-state index in [0.717, 1.165) is 0 Å². The van der Waals surface area contributed by atoms with Gasteiger partial charge in [-0.25, -0.2) is 0 Å². The fraction of sp³-hybridized carbons (Fsp3) is 0.786. The Hall–Kier alpha value is -0.580. The lowest BCUT2D eigenvalue weighted by Gasteiger charge is -2.34. The van der Waals surface area contributed by atoms with Crippen LogP contribution in [0, 0.1) is 5.41 Å². The first-order valence-electron chi connectivity index (χ1n) is 6.72. The van der Waals surface area contributed by atoms with Gasteiger partial charge in [0.25, 0.3) is 0 Å². The first-order valence-corrected chi connectivity index (χ1v) is 7.10. The summed E-state index contributed by atoms with van der Waals surface area (Å²) in [6.45, 7) is 12.6. The summed E-state index contributed by atoms with van der Waals surface area (Å²) in [5, 5.41) is 15.4. The Morgan fingerprint density at radius 3 is 2.42 bits per heavy atom. The summed E-state index contributed by atoms with van der Waals surface area (Å²) in [6, 6.07) is 0.138. The van der Waals surface area contributed by atoms with Gasteiger partial charge in [-0.2, -0.15) is 5.10 Å². The van der Waals surface area contributed by atoms with Crippen LogP contribution in [0.25, 0.3) is 0 Å². The predicted octanol–water partition coefficient (Wildman–Crippen LogP) is 3.60. The van der Waals surface area contributed by atoms with Gasteiger partial charge in [0.2, 0.25) is 0 Å². The quantitative estimate of drug-likeness (QED) is 0.900. The predicted molar refractivity (Wildman–Crippen MR) is 77.5 cm³/mol. The van der Waals surface area contributed by atoms with Crippen LogP contribution in [0.1, 0.15) is 59.4 Å². The van der Waals surface area contributed by atoms with Gasteiger partial charge in [0.15, 0.2) is 0 Å². The van der Waals surface area contributed by atoms with E-state index in [1.807, 2.05) is 41.5 Å². The molecule has 0 bridgehead atoms. The number of nitrogens with zero attached hydrogens (tertiary/aromatic N) is 2. The zero-order valence-electron chi connectivity index (χ0n) is 12.6. The summed E-state index contributed by atoms with van der Waals surface area (Å²) in [4.78, 5) is 0. The summed E-state index contributed by atoms with van der Waals surface area (Å²) >= 11 is 6.18. The minimum Gasteiger partial charge on any atom is -0.384 e. The summed E-state index contributed by atoms with van der Waals surface area (Å²) < 4.78 is 7.49. The second-order valence-corrected chi connectivity index (χ2v) is 6.51. The summed E-state index contributed by atoms with van der Waals surface area (Å²) in [6.07, 6.45) is 0.452. The SMILES string of the molecule is CCOC(C(O)c1c(Cl)cnn1C(C)C)C(C)(C)C. The van der Waals surface area contributed by atoms with Crippen LogP contribution >= 0.6 is 11.6 Å². The maximum absolute atomic E-state index is 10.7. The summed E-state index contributed by atoms with van der Waals surface area (Å²) in [7, 11) is 0. The van der Waals surface area contributed by atoms with Crippen molar-refractivity contribution in [3.05, 3.63) is 16.9 Å². The van der Waals surface area contributed by atoms with E-state index in [1.165, 1.54) is 0 Å². The molecular weight excluding hydrogens is 264 g/mol. The molecule has 0 spiro atoms. The van der Waals surface area contributed by atoms with Gasteiger partial charge in [0.1, 0.15) is 6.10 Å². The van der Waals surface area contributed by atoms with Gasteiger partial charge < -0.3 is 9.84 Å². The normalized spacial score (nSPS) is 15.8. The molecule has 0 saturated carbocycles. The van der Waals surface area contributed by atoms with Crippen LogP contribution in [0.2, 0.25) is 5.02 Å². The molecule has 1 aromatic rings. The first-order chi connectivity index (χ1) is 8.70. The second kappa shape index (κ2) is 6.25. The average molecular weight is 289 g/mol. The average Bonchev–Trinajstić information content (AvgIpc) is 2.65. The molecule has 0 aliphatic carbocycles. The lowest BCUT2D eigenvalue weighted by Crippen LogP contribution is -2.36. The number of ether oxygens (including phenoxy) is 1. The lowest BCUT2D eigenvalue weighted by molar-refractivity contribution is -0.0928. The fourth-order valence-electron chi connectivity index (χ4n) is 2.18. The molecule has 1 heterocycles. The van der Waals surface area contributed by atoms with Crippen LogP contribution in [-0.4, -0.2) is 27.6 Å². The van der Waals surface area contributed by atoms with Crippen LogP contribution in [-0.2, 0) is 4.74 Å². The van der Waals surface area contributed by atoms with E-state index in [0.29, 0.717) is 17.3 Å². The molecule has 0 amide bonds. The molecule has 0 radical (unpaired) electrons. The van der Waals surface area contributed by atoms with Crippen molar-refractivity contribution in [2.45, 2.75) is 59.8 Å². The van der Waals surface area contributed by atoms with Gasteiger partial charge >= 0.3 is 0 Å². The van der Waals surface area contributed by atoms with E-state index in [4.69, 9.17) is 16.3 Å². The highest BCUT2D eigenvalue weighted by atomic mass is 35.5. The monoisotopic (exact) mass is 288 g/mol.